The molecule has 1 aromatic carbocycles. The van der Waals surface area contributed by atoms with E-state index >= 15 is 0 Å². The van der Waals surface area contributed by atoms with Gasteiger partial charge >= 0.3 is 23.9 Å². The maximum absolute atomic E-state index is 12.7. The van der Waals surface area contributed by atoms with Crippen LogP contribution in [0, 0.1) is 17.3 Å². The molecule has 1 aliphatic rings. The maximum Gasteiger partial charge on any atom is 0.317 e. The monoisotopic (exact) mass is 576 g/mol. The van der Waals surface area contributed by atoms with E-state index in [0.717, 1.165) is 18.4 Å². The van der Waals surface area contributed by atoms with Crippen molar-refractivity contribution in [3.63, 3.8) is 0 Å². The Morgan fingerprint density at radius 1 is 0.780 bits per heavy atom. The van der Waals surface area contributed by atoms with Gasteiger partial charge in [0, 0.05) is 36.0 Å². The summed E-state index contributed by atoms with van der Waals surface area (Å²) in [5.41, 5.74) is 0.917. The van der Waals surface area contributed by atoms with Crippen molar-refractivity contribution in [1.29, 1.82) is 0 Å². The van der Waals surface area contributed by atoms with Crippen molar-refractivity contribution in [2.45, 2.75) is 78.3 Å². The first kappa shape index (κ1) is 33.9. The molecule has 228 valence electrons. The lowest BCUT2D eigenvalue weighted by Crippen LogP contribution is -2.57. The first-order valence-corrected chi connectivity index (χ1v) is 14.1. The second-order valence-corrected chi connectivity index (χ2v) is 12.3. The Bertz CT molecular complexity index is 1060. The summed E-state index contributed by atoms with van der Waals surface area (Å²) in [7, 11) is 0. The number of hydrogen-bond acceptors (Lipinski definition) is 7. The number of hydrogen-bond donors (Lipinski definition) is 4. The van der Waals surface area contributed by atoms with Crippen molar-refractivity contribution < 1.29 is 44.4 Å². The third-order valence-electron chi connectivity index (χ3n) is 7.81. The van der Waals surface area contributed by atoms with Crippen molar-refractivity contribution in [3.05, 3.63) is 35.4 Å². The Morgan fingerprint density at radius 3 is 1.68 bits per heavy atom. The molecule has 0 amide bonds. The van der Waals surface area contributed by atoms with Gasteiger partial charge in [-0.3, -0.25) is 33.8 Å². The predicted molar refractivity (Wildman–Crippen MR) is 151 cm³/mol. The highest BCUT2D eigenvalue weighted by molar-refractivity contribution is 5.99. The topological polar surface area (TPSA) is 173 Å². The average Bonchev–Trinajstić information content (AvgIpc) is 2.85. The summed E-state index contributed by atoms with van der Waals surface area (Å²) < 4.78 is 0. The number of carboxylic acids is 4. The largest absolute Gasteiger partial charge is 0.481 e. The van der Waals surface area contributed by atoms with Gasteiger partial charge in [0.25, 0.3) is 0 Å². The van der Waals surface area contributed by atoms with Crippen molar-refractivity contribution in [2.75, 3.05) is 26.2 Å². The third-order valence-corrected chi connectivity index (χ3v) is 7.81. The van der Waals surface area contributed by atoms with Crippen LogP contribution in [0.2, 0.25) is 0 Å². The van der Waals surface area contributed by atoms with Crippen molar-refractivity contribution in [3.8, 4) is 0 Å². The van der Waals surface area contributed by atoms with Crippen LogP contribution in [0.15, 0.2) is 24.3 Å². The van der Waals surface area contributed by atoms with Gasteiger partial charge in [-0.15, -0.1) is 0 Å². The van der Waals surface area contributed by atoms with E-state index in [0.29, 0.717) is 24.8 Å². The van der Waals surface area contributed by atoms with Crippen LogP contribution in [-0.4, -0.2) is 98.1 Å². The van der Waals surface area contributed by atoms with E-state index in [1.54, 1.807) is 17.0 Å². The second kappa shape index (κ2) is 15.1. The molecule has 0 aliphatic heterocycles. The zero-order chi connectivity index (χ0) is 30.9. The van der Waals surface area contributed by atoms with Crippen LogP contribution in [0.1, 0.15) is 75.7 Å². The third kappa shape index (κ3) is 10.9. The minimum atomic E-state index is -1.17. The quantitative estimate of drug-likeness (QED) is 0.213. The van der Waals surface area contributed by atoms with Crippen LogP contribution in [0.4, 0.5) is 0 Å². The molecular formula is C30H44N2O9. The van der Waals surface area contributed by atoms with Crippen LogP contribution in [-0.2, 0) is 25.6 Å². The van der Waals surface area contributed by atoms with E-state index in [2.05, 4.69) is 0 Å². The number of ketones is 1. The zero-order valence-electron chi connectivity index (χ0n) is 24.4. The highest BCUT2D eigenvalue weighted by Gasteiger charge is 2.38. The maximum atomic E-state index is 12.7. The first-order valence-electron chi connectivity index (χ1n) is 14.1. The molecule has 2 rings (SSSR count). The molecular weight excluding hydrogens is 532 g/mol. The number of carbonyl (C=O) groups is 5. The number of carbonyl (C=O) groups excluding carboxylic acids is 1. The molecule has 0 radical (unpaired) electrons. The van der Waals surface area contributed by atoms with E-state index < -0.39 is 54.5 Å². The van der Waals surface area contributed by atoms with Gasteiger partial charge in [0.2, 0.25) is 0 Å². The fourth-order valence-corrected chi connectivity index (χ4v) is 5.79. The summed E-state index contributed by atoms with van der Waals surface area (Å²) >= 11 is 0. The van der Waals surface area contributed by atoms with Crippen LogP contribution in [0.25, 0.3) is 0 Å². The molecule has 11 heteroatoms. The lowest BCUT2D eigenvalue weighted by Gasteiger charge is -2.45. The van der Waals surface area contributed by atoms with E-state index in [-0.39, 0.29) is 37.1 Å². The Balaban J connectivity index is 2.40. The molecule has 0 heterocycles. The van der Waals surface area contributed by atoms with Gasteiger partial charge in [0.15, 0.2) is 5.78 Å². The number of rotatable bonds is 16. The molecule has 0 aromatic heterocycles. The first-order chi connectivity index (χ1) is 19.1. The highest BCUT2D eigenvalue weighted by atomic mass is 16.4. The fourth-order valence-electron chi connectivity index (χ4n) is 5.79. The SMILES string of the molecule is CC(CC(=O)O)C(Cc1ccc(C(=O)C(C)(C)C)cc1)CN(CC(=O)O)C1CCCCC1N(CC(=O)O)CC(=O)O. The second-order valence-electron chi connectivity index (χ2n) is 12.3. The van der Waals surface area contributed by atoms with Crippen molar-refractivity contribution in [1.82, 2.24) is 9.80 Å². The van der Waals surface area contributed by atoms with Gasteiger partial charge in [-0.2, -0.15) is 0 Å². The predicted octanol–water partition coefficient (Wildman–Crippen LogP) is 3.35. The van der Waals surface area contributed by atoms with E-state index in [9.17, 15) is 44.4 Å². The summed E-state index contributed by atoms with van der Waals surface area (Å²) in [6.07, 6.45) is 2.96. The summed E-state index contributed by atoms with van der Waals surface area (Å²) in [6, 6.07) is 6.30. The van der Waals surface area contributed by atoms with Crippen LogP contribution in [0.3, 0.4) is 0 Å². The number of aliphatic carboxylic acids is 4. The normalized spacial score (nSPS) is 19.1. The van der Waals surface area contributed by atoms with Gasteiger partial charge in [-0.05, 0) is 36.7 Å². The number of nitrogens with zero attached hydrogens (tertiary/aromatic N) is 2. The van der Waals surface area contributed by atoms with Gasteiger partial charge in [-0.25, -0.2) is 0 Å². The molecule has 1 saturated carbocycles. The lowest BCUT2D eigenvalue weighted by atomic mass is 9.82. The summed E-state index contributed by atoms with van der Waals surface area (Å²) in [6.45, 7) is 6.28. The smallest absolute Gasteiger partial charge is 0.317 e. The molecule has 41 heavy (non-hydrogen) atoms. The van der Waals surface area contributed by atoms with E-state index in [1.165, 1.54) is 4.90 Å². The summed E-state index contributed by atoms with van der Waals surface area (Å²) in [4.78, 5) is 62.6. The molecule has 4 unspecified atom stereocenters. The van der Waals surface area contributed by atoms with Crippen molar-refractivity contribution >= 4 is 29.7 Å². The number of carboxylic acid groups (broad SMARTS) is 4. The molecule has 1 fully saturated rings. The van der Waals surface area contributed by atoms with E-state index in [1.807, 2.05) is 39.8 Å². The molecule has 0 spiro atoms. The van der Waals surface area contributed by atoms with Crippen LogP contribution in [0.5, 0.6) is 0 Å². The average molecular weight is 577 g/mol. The Kier molecular flexibility index (Phi) is 12.5. The van der Waals surface area contributed by atoms with Crippen LogP contribution >= 0.6 is 0 Å². The molecule has 4 atom stereocenters. The zero-order valence-corrected chi connectivity index (χ0v) is 24.4. The molecule has 1 aromatic rings. The number of benzene rings is 1. The lowest BCUT2D eigenvalue weighted by molar-refractivity contribution is -0.146. The standard InChI is InChI=1S/C30H44N2O9/c1-19(13-25(33)34)22(14-20-9-11-21(12-10-20)29(41)30(2,3)4)15-31(16-26(35)36)23-7-5-6-8-24(23)32(17-27(37)38)18-28(39)40/h9-12,19,22-24H,5-8,13-18H2,1-4H3,(H,33,34)(H,35,36)(H,37,38)(H,39,40). The van der Waals surface area contributed by atoms with Crippen molar-refractivity contribution in [2.24, 2.45) is 17.3 Å². The Morgan fingerprint density at radius 2 is 1.24 bits per heavy atom. The molecule has 0 bridgehead atoms. The van der Waals surface area contributed by atoms with E-state index in [4.69, 9.17) is 0 Å². The van der Waals surface area contributed by atoms with Crippen LogP contribution < -0.4 is 0 Å². The highest BCUT2D eigenvalue weighted by Crippen LogP contribution is 2.31. The number of Topliss-reactive ketones (excluding diaryl/α,β-unsaturated/α-hetero) is 1. The molecule has 0 saturated heterocycles. The molecule has 1 aliphatic carbocycles. The Hall–Kier alpha value is -3.31. The molecule has 4 N–H and O–H groups in total. The van der Waals surface area contributed by atoms with Gasteiger partial charge in [0.05, 0.1) is 19.6 Å². The fraction of sp³-hybridized carbons (Fsp3) is 0.633. The summed E-state index contributed by atoms with van der Waals surface area (Å²) in [5.74, 6) is -4.97. The Labute approximate surface area is 241 Å². The minimum absolute atomic E-state index is 0.00287. The molecule has 11 nitrogen and oxygen atoms in total. The van der Waals surface area contributed by atoms with Gasteiger partial charge < -0.3 is 20.4 Å². The minimum Gasteiger partial charge on any atom is -0.481 e. The van der Waals surface area contributed by atoms with Gasteiger partial charge in [0.1, 0.15) is 0 Å². The van der Waals surface area contributed by atoms with Gasteiger partial charge in [-0.1, -0.05) is 64.8 Å². The summed E-state index contributed by atoms with van der Waals surface area (Å²) in [5, 5.41) is 38.2.